The molecule has 0 aliphatic heterocycles. The second-order valence-electron chi connectivity index (χ2n) is 3.31. The van der Waals surface area contributed by atoms with Crippen molar-refractivity contribution in [2.75, 3.05) is 0 Å². The van der Waals surface area contributed by atoms with Gasteiger partial charge >= 0.3 is 5.97 Å². The average molecular weight is 182 g/mol. The molecule has 1 saturated carbocycles. The van der Waals surface area contributed by atoms with Gasteiger partial charge in [-0.15, -0.1) is 11.3 Å². The van der Waals surface area contributed by atoms with Gasteiger partial charge in [-0.1, -0.05) is 0 Å². The highest BCUT2D eigenvalue weighted by molar-refractivity contribution is 7.10. The molecule has 1 aromatic heterocycles. The summed E-state index contributed by atoms with van der Waals surface area (Å²) in [6.45, 7) is 2.04. The van der Waals surface area contributed by atoms with Gasteiger partial charge in [0.05, 0.1) is 5.92 Å². The molecule has 12 heavy (non-hydrogen) atoms. The van der Waals surface area contributed by atoms with Crippen molar-refractivity contribution in [3.63, 3.8) is 0 Å². The van der Waals surface area contributed by atoms with E-state index in [0.29, 0.717) is 5.92 Å². The molecule has 1 aliphatic rings. The molecule has 1 heterocycles. The summed E-state index contributed by atoms with van der Waals surface area (Å²) in [4.78, 5) is 11.8. The molecular formula is C9H10O2S. The van der Waals surface area contributed by atoms with Crippen molar-refractivity contribution in [1.29, 1.82) is 0 Å². The maximum atomic E-state index is 10.6. The van der Waals surface area contributed by atoms with E-state index in [9.17, 15) is 4.79 Å². The number of rotatable bonds is 2. The molecule has 1 fully saturated rings. The minimum atomic E-state index is -0.647. The van der Waals surface area contributed by atoms with Crippen LogP contribution in [0.25, 0.3) is 0 Å². The molecule has 0 saturated heterocycles. The summed E-state index contributed by atoms with van der Waals surface area (Å²) in [7, 11) is 0. The zero-order chi connectivity index (χ0) is 8.72. The lowest BCUT2D eigenvalue weighted by molar-refractivity contribution is -0.138. The lowest BCUT2D eigenvalue weighted by atomic mass is 10.2. The van der Waals surface area contributed by atoms with E-state index in [1.165, 1.54) is 10.4 Å². The lowest BCUT2D eigenvalue weighted by Gasteiger charge is -1.89. The van der Waals surface area contributed by atoms with Crippen LogP contribution in [0.5, 0.6) is 0 Å². The molecular weight excluding hydrogens is 172 g/mol. The number of hydrogen-bond donors (Lipinski definition) is 1. The fourth-order valence-electron chi connectivity index (χ4n) is 1.43. The largest absolute Gasteiger partial charge is 0.481 e. The predicted molar refractivity (Wildman–Crippen MR) is 47.5 cm³/mol. The maximum Gasteiger partial charge on any atom is 0.307 e. The first-order valence-electron chi connectivity index (χ1n) is 3.96. The van der Waals surface area contributed by atoms with E-state index >= 15 is 0 Å². The Labute approximate surface area is 74.8 Å². The molecule has 3 heteroatoms. The minimum Gasteiger partial charge on any atom is -0.481 e. The van der Waals surface area contributed by atoms with E-state index < -0.39 is 5.97 Å². The van der Waals surface area contributed by atoms with Gasteiger partial charge in [-0.05, 0) is 30.4 Å². The number of aliphatic carboxylic acids is 1. The van der Waals surface area contributed by atoms with Gasteiger partial charge in [0.1, 0.15) is 0 Å². The normalized spacial score (nSPS) is 27.1. The van der Waals surface area contributed by atoms with Crippen LogP contribution in [0.4, 0.5) is 0 Å². The van der Waals surface area contributed by atoms with Crippen LogP contribution in [-0.4, -0.2) is 11.1 Å². The van der Waals surface area contributed by atoms with E-state index in [1.807, 2.05) is 6.92 Å². The second kappa shape index (κ2) is 2.59. The highest BCUT2D eigenvalue weighted by atomic mass is 32.1. The van der Waals surface area contributed by atoms with Crippen LogP contribution in [0, 0.1) is 12.8 Å². The van der Waals surface area contributed by atoms with Crippen molar-refractivity contribution in [3.05, 3.63) is 21.9 Å². The monoisotopic (exact) mass is 182 g/mol. The first-order valence-corrected chi connectivity index (χ1v) is 4.84. The standard InChI is InChI=1S/C9H10O2S/c1-5-2-8(12-4-5)6-3-7(6)9(10)11/h2,4,6-7H,3H2,1H3,(H,10,11)/t6-,7-/m1/s1. The first kappa shape index (κ1) is 7.80. The van der Waals surface area contributed by atoms with Gasteiger partial charge in [-0.3, -0.25) is 4.79 Å². The summed E-state index contributed by atoms with van der Waals surface area (Å²) in [6.07, 6.45) is 0.829. The summed E-state index contributed by atoms with van der Waals surface area (Å²) < 4.78 is 0. The van der Waals surface area contributed by atoms with E-state index in [2.05, 4.69) is 11.4 Å². The third-order valence-electron chi connectivity index (χ3n) is 2.22. The quantitative estimate of drug-likeness (QED) is 0.761. The molecule has 2 atom stereocenters. The molecule has 64 valence electrons. The van der Waals surface area contributed by atoms with Crippen LogP contribution >= 0.6 is 11.3 Å². The smallest absolute Gasteiger partial charge is 0.307 e. The fraction of sp³-hybridized carbons (Fsp3) is 0.444. The van der Waals surface area contributed by atoms with Gasteiger partial charge in [0.25, 0.3) is 0 Å². The highest BCUT2D eigenvalue weighted by Crippen LogP contribution is 2.49. The topological polar surface area (TPSA) is 37.3 Å². The Morgan fingerprint density at radius 2 is 2.50 bits per heavy atom. The Hall–Kier alpha value is -0.830. The molecule has 2 nitrogen and oxygen atoms in total. The number of carboxylic acid groups (broad SMARTS) is 1. The Bertz CT molecular complexity index is 316. The van der Waals surface area contributed by atoms with E-state index in [0.717, 1.165) is 6.42 Å². The lowest BCUT2D eigenvalue weighted by Crippen LogP contribution is -1.97. The molecule has 0 radical (unpaired) electrons. The van der Waals surface area contributed by atoms with Crippen molar-refractivity contribution in [2.24, 2.45) is 5.92 Å². The van der Waals surface area contributed by atoms with Gasteiger partial charge in [-0.2, -0.15) is 0 Å². The SMILES string of the molecule is Cc1csc([C@@H]2C[C@H]2C(=O)O)c1. The third kappa shape index (κ3) is 1.25. The second-order valence-corrected chi connectivity index (χ2v) is 4.26. The van der Waals surface area contributed by atoms with E-state index in [-0.39, 0.29) is 5.92 Å². The van der Waals surface area contributed by atoms with Crippen LogP contribution in [0.15, 0.2) is 11.4 Å². The van der Waals surface area contributed by atoms with Crippen molar-refractivity contribution in [1.82, 2.24) is 0 Å². The number of hydrogen-bond acceptors (Lipinski definition) is 2. The van der Waals surface area contributed by atoms with E-state index in [4.69, 9.17) is 5.11 Å². The number of carbonyl (C=O) groups is 1. The third-order valence-corrected chi connectivity index (χ3v) is 3.41. The Balaban J connectivity index is 2.10. The maximum absolute atomic E-state index is 10.6. The molecule has 0 spiro atoms. The van der Waals surface area contributed by atoms with Crippen LogP contribution in [0.2, 0.25) is 0 Å². The van der Waals surface area contributed by atoms with Crippen molar-refractivity contribution >= 4 is 17.3 Å². The minimum absolute atomic E-state index is 0.108. The molecule has 1 aliphatic carbocycles. The highest BCUT2D eigenvalue weighted by Gasteiger charge is 2.44. The zero-order valence-electron chi connectivity index (χ0n) is 6.78. The molecule has 1 N–H and O–H groups in total. The summed E-state index contributed by atoms with van der Waals surface area (Å²) in [5.41, 5.74) is 1.24. The van der Waals surface area contributed by atoms with Crippen molar-refractivity contribution in [2.45, 2.75) is 19.3 Å². The fourth-order valence-corrected chi connectivity index (χ4v) is 2.51. The zero-order valence-corrected chi connectivity index (χ0v) is 7.60. The summed E-state index contributed by atoms with van der Waals surface area (Å²) in [5, 5.41) is 10.8. The van der Waals surface area contributed by atoms with Crippen molar-refractivity contribution < 1.29 is 9.90 Å². The predicted octanol–water partition coefficient (Wildman–Crippen LogP) is 2.24. The summed E-state index contributed by atoms with van der Waals surface area (Å²) in [6, 6.07) is 2.10. The molecule has 2 rings (SSSR count). The van der Waals surface area contributed by atoms with Gasteiger partial charge in [0, 0.05) is 10.8 Å². The van der Waals surface area contributed by atoms with Crippen LogP contribution < -0.4 is 0 Å². The number of thiophene rings is 1. The molecule has 0 unspecified atom stereocenters. The van der Waals surface area contributed by atoms with E-state index in [1.54, 1.807) is 11.3 Å². The van der Waals surface area contributed by atoms with Crippen molar-refractivity contribution in [3.8, 4) is 0 Å². The Kier molecular flexibility index (Phi) is 1.68. The van der Waals surface area contributed by atoms with Gasteiger partial charge < -0.3 is 5.11 Å². The number of carboxylic acids is 1. The molecule has 1 aromatic rings. The van der Waals surface area contributed by atoms with Gasteiger partial charge in [0.15, 0.2) is 0 Å². The molecule has 0 bridgehead atoms. The van der Waals surface area contributed by atoms with Crippen LogP contribution in [-0.2, 0) is 4.79 Å². The summed E-state index contributed by atoms with van der Waals surface area (Å²) >= 11 is 1.68. The Morgan fingerprint density at radius 1 is 1.75 bits per heavy atom. The summed E-state index contributed by atoms with van der Waals surface area (Å²) in [5.74, 6) is -0.449. The molecule has 0 amide bonds. The first-order chi connectivity index (χ1) is 5.68. The average Bonchev–Trinajstić information content (AvgIpc) is 2.70. The molecule has 0 aromatic carbocycles. The van der Waals surface area contributed by atoms with Gasteiger partial charge in [-0.25, -0.2) is 0 Å². The van der Waals surface area contributed by atoms with Crippen LogP contribution in [0.1, 0.15) is 22.8 Å². The van der Waals surface area contributed by atoms with Crippen LogP contribution in [0.3, 0.4) is 0 Å². The number of aryl methyl sites for hydroxylation is 1. The Morgan fingerprint density at radius 3 is 2.92 bits per heavy atom. The van der Waals surface area contributed by atoms with Gasteiger partial charge in [0.2, 0.25) is 0 Å².